The maximum atomic E-state index is 12.1. The molecule has 2 heterocycles. The number of hydrogen-bond acceptors (Lipinski definition) is 2. The van der Waals surface area contributed by atoms with Crippen molar-refractivity contribution in [2.75, 3.05) is 6.54 Å². The van der Waals surface area contributed by atoms with E-state index in [-0.39, 0.29) is 5.91 Å². The first-order valence-corrected chi connectivity index (χ1v) is 6.52. The van der Waals surface area contributed by atoms with Crippen molar-refractivity contribution in [3.8, 4) is 0 Å². The van der Waals surface area contributed by atoms with Crippen LogP contribution >= 0.6 is 15.9 Å². The molecule has 0 saturated carbocycles. The molecular weight excluding hydrogens is 294 g/mol. The number of carbonyl (C=O) groups is 1. The maximum Gasteiger partial charge on any atom is 0.270 e. The van der Waals surface area contributed by atoms with Crippen LogP contribution in [0.2, 0.25) is 0 Å². The molecule has 2 rings (SSSR count). The predicted molar refractivity (Wildman–Crippen MR) is 74.8 cm³/mol. The number of fused-ring (bicyclic) bond motifs is 1. The molecule has 4 nitrogen and oxygen atoms in total. The van der Waals surface area contributed by atoms with E-state index in [0.29, 0.717) is 12.2 Å². The Labute approximate surface area is 114 Å². The number of rotatable bonds is 4. The highest BCUT2D eigenvalue weighted by Crippen LogP contribution is 2.17. The molecule has 0 aliphatic heterocycles. The normalized spacial score (nSPS) is 10.6. The SMILES string of the molecule is C=CCNC(=O)c1c(CC)nc2ccc(Br)cn12. The molecule has 0 bridgehead atoms. The van der Waals surface area contributed by atoms with Gasteiger partial charge in [0, 0.05) is 17.2 Å². The molecule has 0 aliphatic carbocycles. The summed E-state index contributed by atoms with van der Waals surface area (Å²) in [6.45, 7) is 6.02. The lowest BCUT2D eigenvalue weighted by molar-refractivity contribution is 0.0951. The van der Waals surface area contributed by atoms with E-state index in [4.69, 9.17) is 0 Å². The zero-order valence-corrected chi connectivity index (χ0v) is 11.7. The first-order chi connectivity index (χ1) is 8.67. The van der Waals surface area contributed by atoms with Crippen molar-refractivity contribution in [2.24, 2.45) is 0 Å². The van der Waals surface area contributed by atoms with E-state index < -0.39 is 0 Å². The second-order valence-corrected chi connectivity index (χ2v) is 4.75. The van der Waals surface area contributed by atoms with Crippen molar-refractivity contribution in [3.63, 3.8) is 0 Å². The smallest absolute Gasteiger partial charge is 0.270 e. The third-order valence-corrected chi connectivity index (χ3v) is 3.08. The lowest BCUT2D eigenvalue weighted by Gasteiger charge is -2.04. The van der Waals surface area contributed by atoms with Gasteiger partial charge in [0.05, 0.1) is 5.69 Å². The molecule has 0 atom stereocenters. The lowest BCUT2D eigenvalue weighted by Crippen LogP contribution is -2.25. The lowest BCUT2D eigenvalue weighted by atomic mass is 10.2. The van der Waals surface area contributed by atoms with Gasteiger partial charge in [-0.25, -0.2) is 4.98 Å². The summed E-state index contributed by atoms with van der Waals surface area (Å²) < 4.78 is 2.72. The summed E-state index contributed by atoms with van der Waals surface area (Å²) >= 11 is 3.40. The molecule has 5 heteroatoms. The maximum absolute atomic E-state index is 12.1. The third kappa shape index (κ3) is 2.31. The van der Waals surface area contributed by atoms with E-state index in [1.54, 1.807) is 10.5 Å². The third-order valence-electron chi connectivity index (χ3n) is 2.61. The van der Waals surface area contributed by atoms with Crippen LogP contribution in [0.3, 0.4) is 0 Å². The van der Waals surface area contributed by atoms with Crippen molar-refractivity contribution in [3.05, 3.63) is 46.8 Å². The van der Waals surface area contributed by atoms with Gasteiger partial charge >= 0.3 is 0 Å². The van der Waals surface area contributed by atoms with Crippen LogP contribution in [-0.4, -0.2) is 21.8 Å². The van der Waals surface area contributed by atoms with Gasteiger partial charge < -0.3 is 5.32 Å². The molecule has 1 N–H and O–H groups in total. The Morgan fingerprint density at radius 3 is 3.06 bits per heavy atom. The van der Waals surface area contributed by atoms with Gasteiger partial charge in [-0.05, 0) is 34.5 Å². The number of aromatic nitrogens is 2. The molecule has 0 unspecified atom stereocenters. The monoisotopic (exact) mass is 307 g/mol. The Balaban J connectivity index is 2.54. The average molecular weight is 308 g/mol. The number of nitrogens with zero attached hydrogens (tertiary/aromatic N) is 2. The van der Waals surface area contributed by atoms with Crippen LogP contribution in [0.4, 0.5) is 0 Å². The Hall–Kier alpha value is -1.62. The highest BCUT2D eigenvalue weighted by atomic mass is 79.9. The summed E-state index contributed by atoms with van der Waals surface area (Å²) in [6, 6.07) is 3.79. The zero-order chi connectivity index (χ0) is 13.1. The molecule has 0 aromatic carbocycles. The summed E-state index contributed by atoms with van der Waals surface area (Å²) in [6.07, 6.45) is 4.23. The summed E-state index contributed by atoms with van der Waals surface area (Å²) in [4.78, 5) is 16.6. The Morgan fingerprint density at radius 2 is 2.39 bits per heavy atom. The van der Waals surface area contributed by atoms with Crippen molar-refractivity contribution in [1.29, 1.82) is 0 Å². The molecule has 0 fully saturated rings. The Kier molecular flexibility index (Phi) is 3.81. The van der Waals surface area contributed by atoms with E-state index in [1.165, 1.54) is 0 Å². The van der Waals surface area contributed by atoms with Crippen LogP contribution in [0.1, 0.15) is 23.1 Å². The number of amides is 1. The zero-order valence-electron chi connectivity index (χ0n) is 10.1. The van der Waals surface area contributed by atoms with Gasteiger partial charge in [0.15, 0.2) is 0 Å². The number of aryl methyl sites for hydroxylation is 1. The fourth-order valence-corrected chi connectivity index (χ4v) is 2.14. The van der Waals surface area contributed by atoms with Gasteiger partial charge in [0.1, 0.15) is 11.3 Å². The molecule has 2 aromatic heterocycles. The van der Waals surface area contributed by atoms with Gasteiger partial charge in [0.2, 0.25) is 0 Å². The standard InChI is InChI=1S/C13H14BrN3O/c1-3-7-15-13(18)12-10(4-2)16-11-6-5-9(14)8-17(11)12/h3,5-6,8H,1,4,7H2,2H3,(H,15,18). The van der Waals surface area contributed by atoms with Crippen molar-refractivity contribution in [1.82, 2.24) is 14.7 Å². The molecule has 18 heavy (non-hydrogen) atoms. The fourth-order valence-electron chi connectivity index (χ4n) is 1.80. The summed E-state index contributed by atoms with van der Waals surface area (Å²) in [7, 11) is 0. The van der Waals surface area contributed by atoms with E-state index in [2.05, 4.69) is 32.8 Å². The van der Waals surface area contributed by atoms with Gasteiger partial charge in [-0.1, -0.05) is 13.0 Å². The minimum absolute atomic E-state index is 0.127. The van der Waals surface area contributed by atoms with E-state index in [9.17, 15) is 4.79 Å². The summed E-state index contributed by atoms with van der Waals surface area (Å²) in [5.74, 6) is -0.127. The average Bonchev–Trinajstić information content (AvgIpc) is 2.73. The first kappa shape index (κ1) is 12.8. The molecule has 0 radical (unpaired) electrons. The van der Waals surface area contributed by atoms with Crippen LogP contribution in [0.15, 0.2) is 35.5 Å². The molecule has 0 aliphatic rings. The van der Waals surface area contributed by atoms with Gasteiger partial charge in [-0.15, -0.1) is 6.58 Å². The van der Waals surface area contributed by atoms with Crippen LogP contribution in [0.5, 0.6) is 0 Å². The number of halogens is 1. The number of carbonyl (C=O) groups excluding carboxylic acids is 1. The fraction of sp³-hybridized carbons (Fsp3) is 0.231. The molecule has 2 aromatic rings. The van der Waals surface area contributed by atoms with Crippen molar-refractivity contribution in [2.45, 2.75) is 13.3 Å². The van der Waals surface area contributed by atoms with E-state index in [0.717, 1.165) is 22.2 Å². The van der Waals surface area contributed by atoms with Gasteiger partial charge in [-0.3, -0.25) is 9.20 Å². The van der Waals surface area contributed by atoms with E-state index >= 15 is 0 Å². The van der Waals surface area contributed by atoms with Crippen LogP contribution < -0.4 is 5.32 Å². The van der Waals surface area contributed by atoms with Crippen molar-refractivity contribution >= 4 is 27.5 Å². The second kappa shape index (κ2) is 5.35. The number of pyridine rings is 1. The first-order valence-electron chi connectivity index (χ1n) is 5.73. The van der Waals surface area contributed by atoms with E-state index in [1.807, 2.05) is 25.3 Å². The second-order valence-electron chi connectivity index (χ2n) is 3.83. The quantitative estimate of drug-likeness (QED) is 0.883. The minimum atomic E-state index is -0.127. The molecular formula is C13H14BrN3O. The molecule has 1 amide bonds. The minimum Gasteiger partial charge on any atom is -0.347 e. The number of hydrogen-bond donors (Lipinski definition) is 1. The van der Waals surface area contributed by atoms with Gasteiger partial charge in [-0.2, -0.15) is 0 Å². The number of nitrogens with one attached hydrogen (secondary N) is 1. The topological polar surface area (TPSA) is 46.4 Å². The van der Waals surface area contributed by atoms with Crippen LogP contribution in [-0.2, 0) is 6.42 Å². The molecule has 0 spiro atoms. The summed E-state index contributed by atoms with van der Waals surface area (Å²) in [5, 5.41) is 2.79. The Morgan fingerprint density at radius 1 is 1.61 bits per heavy atom. The Bertz CT molecular complexity index is 604. The van der Waals surface area contributed by atoms with Crippen LogP contribution in [0.25, 0.3) is 5.65 Å². The molecule has 0 saturated heterocycles. The molecule has 94 valence electrons. The van der Waals surface area contributed by atoms with Crippen LogP contribution in [0, 0.1) is 0 Å². The number of imidazole rings is 1. The largest absolute Gasteiger partial charge is 0.347 e. The highest BCUT2D eigenvalue weighted by molar-refractivity contribution is 9.10. The highest BCUT2D eigenvalue weighted by Gasteiger charge is 2.17. The van der Waals surface area contributed by atoms with Crippen molar-refractivity contribution < 1.29 is 4.79 Å². The van der Waals surface area contributed by atoms with Gasteiger partial charge in [0.25, 0.3) is 5.91 Å². The summed E-state index contributed by atoms with van der Waals surface area (Å²) in [5.41, 5.74) is 2.17. The predicted octanol–water partition coefficient (Wildman–Crippen LogP) is 2.58.